The van der Waals surface area contributed by atoms with E-state index in [1.165, 1.54) is 25.7 Å². The number of aliphatic hydroxyl groups excluding tert-OH is 1. The Morgan fingerprint density at radius 3 is 2.55 bits per heavy atom. The van der Waals surface area contributed by atoms with Crippen LogP contribution in [0.25, 0.3) is 0 Å². The van der Waals surface area contributed by atoms with Crippen LogP contribution in [0, 0.1) is 17.8 Å². The topological polar surface area (TPSA) is 52.6 Å². The molecule has 4 heteroatoms. The van der Waals surface area contributed by atoms with Crippen molar-refractivity contribution in [2.24, 2.45) is 17.8 Å². The Labute approximate surface area is 120 Å². The molecular weight excluding hydrogens is 252 g/mol. The molecule has 1 aliphatic carbocycles. The summed E-state index contributed by atoms with van der Waals surface area (Å²) in [6.45, 7) is 1.71. The highest BCUT2D eigenvalue weighted by Crippen LogP contribution is 2.39. The molecular formula is C16H26N2O2. The molecule has 20 heavy (non-hydrogen) atoms. The predicted octanol–water partition coefficient (Wildman–Crippen LogP) is 1.14. The van der Waals surface area contributed by atoms with E-state index in [2.05, 4.69) is 5.32 Å². The van der Waals surface area contributed by atoms with Crippen LogP contribution in [-0.2, 0) is 4.79 Å². The van der Waals surface area contributed by atoms with Gasteiger partial charge in [-0.1, -0.05) is 0 Å². The number of nitrogens with one attached hydrogen (secondary N) is 1. The molecule has 4 rings (SSSR count). The third-order valence-corrected chi connectivity index (χ3v) is 6.21. The second-order valence-electron chi connectivity index (χ2n) is 7.55. The summed E-state index contributed by atoms with van der Waals surface area (Å²) in [5.74, 6) is 1.87. The molecule has 4 nitrogen and oxygen atoms in total. The van der Waals surface area contributed by atoms with Crippen molar-refractivity contribution in [3.8, 4) is 0 Å². The lowest BCUT2D eigenvalue weighted by atomic mass is 9.89. The number of rotatable bonds is 2. The fraction of sp³-hybridized carbons (Fsp3) is 0.938. The maximum absolute atomic E-state index is 12.5. The summed E-state index contributed by atoms with van der Waals surface area (Å²) in [7, 11) is 0. The molecule has 2 N–H and O–H groups in total. The highest BCUT2D eigenvalue weighted by atomic mass is 16.3. The average molecular weight is 278 g/mol. The Morgan fingerprint density at radius 2 is 1.85 bits per heavy atom. The molecule has 5 atom stereocenters. The molecule has 1 saturated carbocycles. The number of fused-ring (bicyclic) bond motifs is 3. The van der Waals surface area contributed by atoms with Gasteiger partial charge in [-0.3, -0.25) is 4.79 Å². The van der Waals surface area contributed by atoms with E-state index < -0.39 is 0 Å². The Bertz CT molecular complexity index is 388. The first kappa shape index (κ1) is 13.1. The molecule has 1 amide bonds. The number of hydrogen-bond donors (Lipinski definition) is 2. The number of carbonyl (C=O) groups is 1. The molecule has 4 aliphatic rings. The summed E-state index contributed by atoms with van der Waals surface area (Å²) in [4.78, 5) is 14.6. The van der Waals surface area contributed by atoms with Gasteiger partial charge in [0.15, 0.2) is 0 Å². The zero-order valence-electron chi connectivity index (χ0n) is 12.1. The Hall–Kier alpha value is -0.610. The van der Waals surface area contributed by atoms with Gasteiger partial charge in [0.2, 0.25) is 5.91 Å². The van der Waals surface area contributed by atoms with Gasteiger partial charge in [-0.25, -0.2) is 0 Å². The van der Waals surface area contributed by atoms with Gasteiger partial charge in [0.1, 0.15) is 0 Å². The fourth-order valence-corrected chi connectivity index (χ4v) is 5.16. The minimum absolute atomic E-state index is 0.160. The third-order valence-electron chi connectivity index (χ3n) is 6.21. The highest BCUT2D eigenvalue weighted by Gasteiger charge is 2.44. The van der Waals surface area contributed by atoms with Gasteiger partial charge in [0.25, 0.3) is 0 Å². The van der Waals surface area contributed by atoms with E-state index in [9.17, 15) is 9.90 Å². The Balaban J connectivity index is 1.33. The van der Waals surface area contributed by atoms with Gasteiger partial charge in [0.05, 0.1) is 6.10 Å². The van der Waals surface area contributed by atoms with Crippen LogP contribution in [0.5, 0.6) is 0 Å². The second kappa shape index (κ2) is 4.99. The van der Waals surface area contributed by atoms with Crippen LogP contribution in [-0.4, -0.2) is 47.2 Å². The molecule has 0 radical (unpaired) electrons. The Kier molecular flexibility index (Phi) is 3.26. The molecule has 3 aliphatic heterocycles. The Morgan fingerprint density at radius 1 is 1.10 bits per heavy atom. The van der Waals surface area contributed by atoms with Crippen LogP contribution in [0.2, 0.25) is 0 Å². The number of piperidine rings is 1. The van der Waals surface area contributed by atoms with Crippen LogP contribution in [0.15, 0.2) is 0 Å². The van der Waals surface area contributed by atoms with Crippen LogP contribution >= 0.6 is 0 Å². The van der Waals surface area contributed by atoms with E-state index in [1.54, 1.807) is 0 Å². The van der Waals surface area contributed by atoms with E-state index in [-0.39, 0.29) is 6.10 Å². The van der Waals surface area contributed by atoms with E-state index in [0.29, 0.717) is 35.7 Å². The molecule has 0 aromatic carbocycles. The SMILES string of the molecule is O=C(CC1CC2CCC(C1)N2)N1CC2CCC(O)C2C1. The average Bonchev–Trinajstić information content (AvgIpc) is 3.07. The number of carbonyl (C=O) groups excluding carboxylic acids is 1. The van der Waals surface area contributed by atoms with Crippen molar-refractivity contribution in [3.63, 3.8) is 0 Å². The zero-order chi connectivity index (χ0) is 13.7. The molecule has 0 aromatic heterocycles. The molecule has 4 fully saturated rings. The molecule has 5 unspecified atom stereocenters. The largest absolute Gasteiger partial charge is 0.393 e. The molecule has 3 saturated heterocycles. The van der Waals surface area contributed by atoms with Crippen LogP contribution in [0.1, 0.15) is 44.9 Å². The van der Waals surface area contributed by atoms with Gasteiger partial charge in [-0.05, 0) is 50.4 Å². The lowest BCUT2D eigenvalue weighted by molar-refractivity contribution is -0.131. The first-order chi connectivity index (χ1) is 9.69. The summed E-state index contributed by atoms with van der Waals surface area (Å²) in [5.41, 5.74) is 0. The quantitative estimate of drug-likeness (QED) is 0.796. The number of aliphatic hydroxyl groups is 1. The lowest BCUT2D eigenvalue weighted by Gasteiger charge is -2.30. The minimum atomic E-state index is -0.160. The fourth-order valence-electron chi connectivity index (χ4n) is 5.16. The van der Waals surface area contributed by atoms with Crippen molar-refractivity contribution >= 4 is 5.91 Å². The predicted molar refractivity (Wildman–Crippen MR) is 76.1 cm³/mol. The number of hydrogen-bond acceptors (Lipinski definition) is 3. The van der Waals surface area contributed by atoms with E-state index in [1.807, 2.05) is 4.90 Å². The molecule has 112 valence electrons. The van der Waals surface area contributed by atoms with E-state index in [0.717, 1.165) is 32.4 Å². The number of nitrogens with zero attached hydrogens (tertiary/aromatic N) is 1. The maximum Gasteiger partial charge on any atom is 0.222 e. The molecule has 0 aromatic rings. The summed E-state index contributed by atoms with van der Waals surface area (Å²) in [5, 5.41) is 13.6. The first-order valence-electron chi connectivity index (χ1n) is 8.41. The summed E-state index contributed by atoms with van der Waals surface area (Å²) in [6, 6.07) is 1.35. The van der Waals surface area contributed by atoms with Crippen LogP contribution in [0.4, 0.5) is 0 Å². The third kappa shape index (κ3) is 2.27. The van der Waals surface area contributed by atoms with Crippen LogP contribution < -0.4 is 5.32 Å². The number of amides is 1. The summed E-state index contributed by atoms with van der Waals surface area (Å²) >= 11 is 0. The molecule has 2 bridgehead atoms. The van der Waals surface area contributed by atoms with Crippen molar-refractivity contribution in [3.05, 3.63) is 0 Å². The first-order valence-corrected chi connectivity index (χ1v) is 8.41. The molecule has 0 spiro atoms. The monoisotopic (exact) mass is 278 g/mol. The number of likely N-dealkylation sites (tertiary alicyclic amines) is 1. The smallest absolute Gasteiger partial charge is 0.222 e. The normalized spacial score (nSPS) is 46.8. The van der Waals surface area contributed by atoms with Crippen molar-refractivity contribution in [1.82, 2.24) is 10.2 Å². The second-order valence-corrected chi connectivity index (χ2v) is 7.55. The van der Waals surface area contributed by atoms with Gasteiger partial charge in [-0.2, -0.15) is 0 Å². The van der Waals surface area contributed by atoms with Crippen molar-refractivity contribution in [1.29, 1.82) is 0 Å². The standard InChI is InChI=1S/C16H26N2O2/c19-15-4-1-11-8-18(9-14(11)15)16(20)7-10-5-12-2-3-13(6-10)17-12/h10-15,17,19H,1-9H2. The highest BCUT2D eigenvalue weighted by molar-refractivity contribution is 5.76. The van der Waals surface area contributed by atoms with E-state index in [4.69, 9.17) is 0 Å². The maximum atomic E-state index is 12.5. The van der Waals surface area contributed by atoms with Gasteiger partial charge in [0, 0.05) is 37.5 Å². The van der Waals surface area contributed by atoms with Gasteiger partial charge < -0.3 is 15.3 Å². The van der Waals surface area contributed by atoms with Crippen molar-refractivity contribution in [2.45, 2.75) is 63.1 Å². The van der Waals surface area contributed by atoms with Crippen molar-refractivity contribution < 1.29 is 9.90 Å². The minimum Gasteiger partial charge on any atom is -0.393 e. The van der Waals surface area contributed by atoms with E-state index >= 15 is 0 Å². The van der Waals surface area contributed by atoms with Gasteiger partial charge >= 0.3 is 0 Å². The van der Waals surface area contributed by atoms with Crippen LogP contribution in [0.3, 0.4) is 0 Å². The molecule has 3 heterocycles. The summed E-state index contributed by atoms with van der Waals surface area (Å²) in [6.07, 6.45) is 7.60. The zero-order valence-corrected chi connectivity index (χ0v) is 12.1. The lowest BCUT2D eigenvalue weighted by Crippen LogP contribution is -2.40. The summed E-state index contributed by atoms with van der Waals surface area (Å²) < 4.78 is 0. The van der Waals surface area contributed by atoms with Crippen molar-refractivity contribution in [2.75, 3.05) is 13.1 Å². The van der Waals surface area contributed by atoms with Gasteiger partial charge in [-0.15, -0.1) is 0 Å².